The number of nitrogens with zero attached hydrogens (tertiary/aromatic N) is 2. The summed E-state index contributed by atoms with van der Waals surface area (Å²) in [6.45, 7) is 1.60. The van der Waals surface area contributed by atoms with Gasteiger partial charge in [-0.1, -0.05) is 23.2 Å². The molecule has 0 spiro atoms. The Morgan fingerprint density at radius 3 is 2.67 bits per heavy atom. The summed E-state index contributed by atoms with van der Waals surface area (Å²) in [5.41, 5.74) is 0.433. The zero-order valence-electron chi connectivity index (χ0n) is 10.9. The molecular weight excluding hydrogens is 317 g/mol. The average Bonchev–Trinajstić information content (AvgIpc) is 2.90. The first-order valence-electron chi connectivity index (χ1n) is 5.92. The van der Waals surface area contributed by atoms with Crippen molar-refractivity contribution in [2.75, 3.05) is 5.32 Å². The molecule has 1 amide bonds. The molecule has 0 bridgehead atoms. The smallest absolute Gasteiger partial charge is 0.338 e. The molecule has 2 N–H and O–H groups in total. The monoisotopic (exact) mass is 327 g/mol. The number of carboxylic acids is 1. The molecule has 1 aromatic carbocycles. The van der Waals surface area contributed by atoms with Gasteiger partial charge in [0.05, 0.1) is 22.5 Å². The van der Waals surface area contributed by atoms with Gasteiger partial charge in [0, 0.05) is 11.2 Å². The zero-order chi connectivity index (χ0) is 15.6. The minimum atomic E-state index is -1.10. The molecule has 0 saturated heterocycles. The summed E-state index contributed by atoms with van der Waals surface area (Å²) in [6, 6.07) is 4.01. The van der Waals surface area contributed by atoms with E-state index in [2.05, 4.69) is 10.4 Å². The van der Waals surface area contributed by atoms with Gasteiger partial charge in [-0.05, 0) is 25.1 Å². The predicted molar refractivity (Wildman–Crippen MR) is 79.0 cm³/mol. The van der Waals surface area contributed by atoms with E-state index in [0.29, 0.717) is 15.7 Å². The highest BCUT2D eigenvalue weighted by atomic mass is 35.5. The normalized spacial score (nSPS) is 12.0. The maximum Gasteiger partial charge on any atom is 0.338 e. The van der Waals surface area contributed by atoms with Gasteiger partial charge >= 0.3 is 5.97 Å². The topological polar surface area (TPSA) is 84.2 Å². The first kappa shape index (κ1) is 15.3. The second-order valence-electron chi connectivity index (χ2n) is 4.30. The van der Waals surface area contributed by atoms with Gasteiger partial charge < -0.3 is 10.4 Å². The standard InChI is InChI=1S/C13H11Cl2N3O3/c1-7(18-6-8(5-16-18)13(20)21)12(19)17-11-3-2-9(14)4-10(11)15/h2-7H,1H3,(H,17,19)(H,20,21). The minimum absolute atomic E-state index is 0.0131. The summed E-state index contributed by atoms with van der Waals surface area (Å²) in [5, 5.41) is 16.1. The Kier molecular flexibility index (Phi) is 4.50. The highest BCUT2D eigenvalue weighted by Gasteiger charge is 2.18. The zero-order valence-corrected chi connectivity index (χ0v) is 12.4. The number of amides is 1. The van der Waals surface area contributed by atoms with Gasteiger partial charge in [0.25, 0.3) is 0 Å². The van der Waals surface area contributed by atoms with E-state index in [-0.39, 0.29) is 11.5 Å². The lowest BCUT2D eigenvalue weighted by molar-refractivity contribution is -0.119. The summed E-state index contributed by atoms with van der Waals surface area (Å²) in [6.07, 6.45) is 2.47. The van der Waals surface area contributed by atoms with Crippen molar-refractivity contribution >= 4 is 40.8 Å². The summed E-state index contributed by atoms with van der Waals surface area (Å²) < 4.78 is 1.27. The molecule has 1 aromatic heterocycles. The number of carbonyl (C=O) groups excluding carboxylic acids is 1. The fourth-order valence-corrected chi connectivity index (χ4v) is 2.06. The Balaban J connectivity index is 2.13. The molecule has 110 valence electrons. The minimum Gasteiger partial charge on any atom is -0.478 e. The molecule has 0 aliphatic heterocycles. The van der Waals surface area contributed by atoms with E-state index in [0.717, 1.165) is 0 Å². The lowest BCUT2D eigenvalue weighted by Crippen LogP contribution is -2.24. The van der Waals surface area contributed by atoms with Gasteiger partial charge in [-0.3, -0.25) is 9.48 Å². The third-order valence-corrected chi connectivity index (χ3v) is 3.36. The molecule has 0 aliphatic rings. The molecule has 1 unspecified atom stereocenters. The van der Waals surface area contributed by atoms with Crippen LogP contribution in [-0.4, -0.2) is 26.8 Å². The number of aromatic carboxylic acids is 1. The molecule has 0 fully saturated rings. The molecule has 2 rings (SSSR count). The molecule has 0 aliphatic carbocycles. The molecule has 1 atom stereocenters. The van der Waals surface area contributed by atoms with Crippen LogP contribution in [0.3, 0.4) is 0 Å². The van der Waals surface area contributed by atoms with Gasteiger partial charge in [0.15, 0.2) is 0 Å². The average molecular weight is 328 g/mol. The summed E-state index contributed by atoms with van der Waals surface area (Å²) in [5.74, 6) is -1.48. The van der Waals surface area contributed by atoms with Crippen LogP contribution in [0.1, 0.15) is 23.3 Å². The molecule has 21 heavy (non-hydrogen) atoms. The fourth-order valence-electron chi connectivity index (χ4n) is 1.61. The van der Waals surface area contributed by atoms with Gasteiger partial charge in [-0.25, -0.2) is 4.79 Å². The first-order valence-corrected chi connectivity index (χ1v) is 6.67. The third-order valence-electron chi connectivity index (χ3n) is 2.81. The second kappa shape index (κ2) is 6.15. The number of halogens is 2. The van der Waals surface area contributed by atoms with Crippen molar-refractivity contribution in [1.82, 2.24) is 9.78 Å². The summed E-state index contributed by atoms with van der Waals surface area (Å²) >= 11 is 11.7. The number of rotatable bonds is 4. The molecule has 6 nitrogen and oxygen atoms in total. The van der Waals surface area contributed by atoms with Crippen molar-refractivity contribution in [1.29, 1.82) is 0 Å². The number of carboxylic acid groups (broad SMARTS) is 1. The van der Waals surface area contributed by atoms with Crippen molar-refractivity contribution in [3.63, 3.8) is 0 Å². The van der Waals surface area contributed by atoms with E-state index in [4.69, 9.17) is 28.3 Å². The summed E-state index contributed by atoms with van der Waals surface area (Å²) in [4.78, 5) is 22.9. The highest BCUT2D eigenvalue weighted by molar-refractivity contribution is 6.36. The van der Waals surface area contributed by atoms with Crippen LogP contribution in [0.4, 0.5) is 5.69 Å². The maximum absolute atomic E-state index is 12.1. The van der Waals surface area contributed by atoms with Gasteiger partial charge in [-0.15, -0.1) is 0 Å². The van der Waals surface area contributed by atoms with Crippen LogP contribution in [0.25, 0.3) is 0 Å². The van der Waals surface area contributed by atoms with Crippen molar-refractivity contribution in [3.8, 4) is 0 Å². The predicted octanol–water partition coefficient (Wildman–Crippen LogP) is 3.09. The van der Waals surface area contributed by atoms with Crippen LogP contribution in [0.5, 0.6) is 0 Å². The number of nitrogens with one attached hydrogen (secondary N) is 1. The molecule has 8 heteroatoms. The van der Waals surface area contributed by atoms with Gasteiger partial charge in [-0.2, -0.15) is 5.10 Å². The Bertz CT molecular complexity index is 700. The molecule has 0 saturated carbocycles. The number of hydrogen-bond donors (Lipinski definition) is 2. The molecule has 1 heterocycles. The van der Waals surface area contributed by atoms with Crippen LogP contribution in [0.2, 0.25) is 10.0 Å². The molecule has 2 aromatic rings. The number of carbonyl (C=O) groups is 2. The molecule has 0 radical (unpaired) electrons. The van der Waals surface area contributed by atoms with E-state index in [9.17, 15) is 9.59 Å². The van der Waals surface area contributed by atoms with Crippen LogP contribution < -0.4 is 5.32 Å². The third kappa shape index (κ3) is 3.53. The van der Waals surface area contributed by atoms with Crippen LogP contribution >= 0.6 is 23.2 Å². The Morgan fingerprint density at radius 2 is 2.10 bits per heavy atom. The summed E-state index contributed by atoms with van der Waals surface area (Å²) in [7, 11) is 0. The van der Waals surface area contributed by atoms with E-state index in [1.165, 1.54) is 23.1 Å². The van der Waals surface area contributed by atoms with Crippen LogP contribution in [-0.2, 0) is 4.79 Å². The van der Waals surface area contributed by atoms with E-state index in [1.54, 1.807) is 19.1 Å². The number of aromatic nitrogens is 2. The van der Waals surface area contributed by atoms with Crippen LogP contribution in [0.15, 0.2) is 30.6 Å². The fraction of sp³-hybridized carbons (Fsp3) is 0.154. The van der Waals surface area contributed by atoms with E-state index < -0.39 is 12.0 Å². The lowest BCUT2D eigenvalue weighted by atomic mass is 10.2. The van der Waals surface area contributed by atoms with Crippen molar-refractivity contribution < 1.29 is 14.7 Å². The molecular formula is C13H11Cl2N3O3. The van der Waals surface area contributed by atoms with Gasteiger partial charge in [0.2, 0.25) is 5.91 Å². The quantitative estimate of drug-likeness (QED) is 0.903. The van der Waals surface area contributed by atoms with Crippen molar-refractivity contribution in [2.24, 2.45) is 0 Å². The Labute approximate surface area is 130 Å². The largest absolute Gasteiger partial charge is 0.478 e. The second-order valence-corrected chi connectivity index (χ2v) is 5.15. The SMILES string of the molecule is CC(C(=O)Nc1ccc(Cl)cc1Cl)n1cc(C(=O)O)cn1. The Morgan fingerprint density at radius 1 is 1.38 bits per heavy atom. The maximum atomic E-state index is 12.1. The van der Waals surface area contributed by atoms with E-state index in [1.807, 2.05) is 0 Å². The first-order chi connectivity index (χ1) is 9.88. The highest BCUT2D eigenvalue weighted by Crippen LogP contribution is 2.26. The van der Waals surface area contributed by atoms with Crippen LogP contribution in [0, 0.1) is 0 Å². The van der Waals surface area contributed by atoms with Crippen molar-refractivity contribution in [3.05, 3.63) is 46.2 Å². The Hall–Kier alpha value is -2.05. The van der Waals surface area contributed by atoms with Crippen molar-refractivity contribution in [2.45, 2.75) is 13.0 Å². The number of anilines is 1. The van der Waals surface area contributed by atoms with E-state index >= 15 is 0 Å². The number of benzene rings is 1. The van der Waals surface area contributed by atoms with Gasteiger partial charge in [0.1, 0.15) is 6.04 Å². The number of hydrogen-bond acceptors (Lipinski definition) is 3. The lowest BCUT2D eigenvalue weighted by Gasteiger charge is -2.13.